The predicted molar refractivity (Wildman–Crippen MR) is 89.6 cm³/mol. The molecule has 1 unspecified atom stereocenters. The van der Waals surface area contributed by atoms with E-state index in [4.69, 9.17) is 0 Å². The molecule has 0 spiro atoms. The number of aryl methyl sites for hydroxylation is 3. The van der Waals surface area contributed by atoms with E-state index >= 15 is 0 Å². The van der Waals surface area contributed by atoms with E-state index in [0.29, 0.717) is 6.04 Å². The van der Waals surface area contributed by atoms with Gasteiger partial charge in [0.2, 0.25) is 0 Å². The Morgan fingerprint density at radius 2 is 1.96 bits per heavy atom. The minimum Gasteiger partial charge on any atom is -0.352 e. The van der Waals surface area contributed by atoms with E-state index in [1.54, 1.807) is 6.33 Å². The van der Waals surface area contributed by atoms with Gasteiger partial charge in [0.1, 0.15) is 11.8 Å². The standard InChI is InChI=1S/C17H20N6/c1-11-4-5-15-16(20-11)17(19-10-18-15)22-7-6-14(9-22)23-13(3)8-12(2)21-23/h4-5,8,10,14H,6-7,9H2,1-3H3. The smallest absolute Gasteiger partial charge is 0.158 e. The maximum atomic E-state index is 4.65. The lowest BCUT2D eigenvalue weighted by atomic mass is 10.2. The highest BCUT2D eigenvalue weighted by Gasteiger charge is 2.27. The first-order valence-electron chi connectivity index (χ1n) is 7.98. The number of rotatable bonds is 2. The molecule has 1 atom stereocenters. The molecule has 4 heterocycles. The molecular formula is C17H20N6. The zero-order valence-electron chi connectivity index (χ0n) is 13.7. The molecule has 1 aliphatic heterocycles. The van der Waals surface area contributed by atoms with Crippen molar-refractivity contribution in [2.24, 2.45) is 0 Å². The van der Waals surface area contributed by atoms with Crippen LogP contribution in [0, 0.1) is 20.8 Å². The molecule has 0 bridgehead atoms. The Hall–Kier alpha value is -2.50. The lowest BCUT2D eigenvalue weighted by Gasteiger charge is -2.19. The van der Waals surface area contributed by atoms with Gasteiger partial charge in [0.25, 0.3) is 0 Å². The second-order valence-corrected chi connectivity index (χ2v) is 6.28. The first-order valence-corrected chi connectivity index (χ1v) is 7.98. The maximum absolute atomic E-state index is 4.65. The normalized spacial score (nSPS) is 18.0. The SMILES string of the molecule is Cc1ccc2ncnc(N3CCC(n4nc(C)cc4C)C3)c2n1. The molecule has 6 heteroatoms. The van der Waals surface area contributed by atoms with Crippen LogP contribution >= 0.6 is 0 Å². The van der Waals surface area contributed by atoms with Gasteiger partial charge < -0.3 is 4.90 Å². The highest BCUT2D eigenvalue weighted by atomic mass is 15.3. The van der Waals surface area contributed by atoms with Crippen molar-refractivity contribution < 1.29 is 0 Å². The van der Waals surface area contributed by atoms with Crippen LogP contribution in [0.25, 0.3) is 11.0 Å². The average Bonchev–Trinajstić information content (AvgIpc) is 3.13. The Bertz CT molecular complexity index is 869. The number of pyridine rings is 1. The van der Waals surface area contributed by atoms with Gasteiger partial charge in [-0.1, -0.05) is 0 Å². The van der Waals surface area contributed by atoms with Crippen molar-refractivity contribution in [1.82, 2.24) is 24.7 Å². The van der Waals surface area contributed by atoms with Gasteiger partial charge in [0.15, 0.2) is 5.82 Å². The molecule has 23 heavy (non-hydrogen) atoms. The van der Waals surface area contributed by atoms with Gasteiger partial charge in [-0.25, -0.2) is 15.0 Å². The molecule has 1 aliphatic rings. The minimum atomic E-state index is 0.388. The zero-order valence-corrected chi connectivity index (χ0v) is 13.7. The summed E-state index contributed by atoms with van der Waals surface area (Å²) in [6, 6.07) is 6.52. The first kappa shape index (κ1) is 14.1. The number of anilines is 1. The van der Waals surface area contributed by atoms with Gasteiger partial charge in [0, 0.05) is 24.5 Å². The quantitative estimate of drug-likeness (QED) is 0.728. The van der Waals surface area contributed by atoms with Crippen LogP contribution in [-0.4, -0.2) is 37.8 Å². The Morgan fingerprint density at radius 3 is 2.74 bits per heavy atom. The van der Waals surface area contributed by atoms with E-state index in [0.717, 1.165) is 47.7 Å². The van der Waals surface area contributed by atoms with Crippen molar-refractivity contribution in [3.63, 3.8) is 0 Å². The van der Waals surface area contributed by atoms with Crippen LogP contribution < -0.4 is 4.90 Å². The third-order valence-electron chi connectivity index (χ3n) is 4.46. The van der Waals surface area contributed by atoms with Crippen molar-refractivity contribution in [2.45, 2.75) is 33.2 Å². The fourth-order valence-corrected chi connectivity index (χ4v) is 3.41. The van der Waals surface area contributed by atoms with Gasteiger partial charge >= 0.3 is 0 Å². The van der Waals surface area contributed by atoms with E-state index in [1.165, 1.54) is 5.69 Å². The van der Waals surface area contributed by atoms with Crippen LogP contribution in [0.1, 0.15) is 29.5 Å². The van der Waals surface area contributed by atoms with Gasteiger partial charge in [0.05, 0.1) is 17.3 Å². The molecule has 0 saturated carbocycles. The minimum absolute atomic E-state index is 0.388. The molecule has 4 rings (SSSR count). The van der Waals surface area contributed by atoms with Crippen molar-refractivity contribution in [2.75, 3.05) is 18.0 Å². The van der Waals surface area contributed by atoms with E-state index in [2.05, 4.69) is 42.6 Å². The zero-order chi connectivity index (χ0) is 16.0. The van der Waals surface area contributed by atoms with Crippen LogP contribution in [0.3, 0.4) is 0 Å². The summed E-state index contributed by atoms with van der Waals surface area (Å²) in [7, 11) is 0. The molecule has 3 aromatic rings. The van der Waals surface area contributed by atoms with E-state index in [-0.39, 0.29) is 0 Å². The Labute approximate surface area is 135 Å². The molecule has 0 radical (unpaired) electrons. The fraction of sp³-hybridized carbons (Fsp3) is 0.412. The highest BCUT2D eigenvalue weighted by Crippen LogP contribution is 2.29. The van der Waals surface area contributed by atoms with Gasteiger partial charge in [-0.05, 0) is 45.4 Å². The highest BCUT2D eigenvalue weighted by molar-refractivity contribution is 5.85. The molecule has 0 amide bonds. The molecule has 0 N–H and O–H groups in total. The first-order chi connectivity index (χ1) is 11.1. The number of fused-ring (bicyclic) bond motifs is 1. The van der Waals surface area contributed by atoms with Crippen LogP contribution in [0.2, 0.25) is 0 Å². The summed E-state index contributed by atoms with van der Waals surface area (Å²) in [6.45, 7) is 8.03. The van der Waals surface area contributed by atoms with Gasteiger partial charge in [-0.15, -0.1) is 0 Å². The molecule has 0 aromatic carbocycles. The molecular weight excluding hydrogens is 288 g/mol. The molecule has 1 fully saturated rings. The molecule has 0 aliphatic carbocycles. The second-order valence-electron chi connectivity index (χ2n) is 6.28. The van der Waals surface area contributed by atoms with E-state index in [9.17, 15) is 0 Å². The third-order valence-corrected chi connectivity index (χ3v) is 4.46. The Kier molecular flexibility index (Phi) is 3.25. The van der Waals surface area contributed by atoms with Crippen molar-refractivity contribution >= 4 is 16.9 Å². The predicted octanol–water partition coefficient (Wildman–Crippen LogP) is 2.60. The van der Waals surface area contributed by atoms with Gasteiger partial charge in [-0.2, -0.15) is 5.10 Å². The molecule has 6 nitrogen and oxygen atoms in total. The Morgan fingerprint density at radius 1 is 1.09 bits per heavy atom. The monoisotopic (exact) mass is 308 g/mol. The van der Waals surface area contributed by atoms with Crippen molar-refractivity contribution in [3.8, 4) is 0 Å². The third kappa shape index (κ3) is 2.44. The van der Waals surface area contributed by atoms with Crippen LogP contribution in [0.15, 0.2) is 24.5 Å². The Balaban J connectivity index is 1.68. The summed E-state index contributed by atoms with van der Waals surface area (Å²) >= 11 is 0. The van der Waals surface area contributed by atoms with Crippen molar-refractivity contribution in [3.05, 3.63) is 41.6 Å². The van der Waals surface area contributed by atoms with Gasteiger partial charge in [-0.3, -0.25) is 4.68 Å². The number of aromatic nitrogens is 5. The molecule has 118 valence electrons. The maximum Gasteiger partial charge on any atom is 0.158 e. The summed E-state index contributed by atoms with van der Waals surface area (Å²) < 4.78 is 2.15. The average molecular weight is 308 g/mol. The molecule has 1 saturated heterocycles. The topological polar surface area (TPSA) is 59.7 Å². The van der Waals surface area contributed by atoms with Crippen LogP contribution in [0.4, 0.5) is 5.82 Å². The lowest BCUT2D eigenvalue weighted by molar-refractivity contribution is 0.481. The number of hydrogen-bond donors (Lipinski definition) is 0. The summed E-state index contributed by atoms with van der Waals surface area (Å²) in [6.07, 6.45) is 2.70. The summed E-state index contributed by atoms with van der Waals surface area (Å²) in [4.78, 5) is 15.8. The summed E-state index contributed by atoms with van der Waals surface area (Å²) in [5.41, 5.74) is 5.07. The van der Waals surface area contributed by atoms with E-state index < -0.39 is 0 Å². The second kappa shape index (κ2) is 5.30. The number of nitrogens with zero attached hydrogens (tertiary/aromatic N) is 6. The van der Waals surface area contributed by atoms with E-state index in [1.807, 2.05) is 26.0 Å². The van der Waals surface area contributed by atoms with Crippen LogP contribution in [-0.2, 0) is 0 Å². The molecule has 3 aromatic heterocycles. The van der Waals surface area contributed by atoms with Crippen LogP contribution in [0.5, 0.6) is 0 Å². The van der Waals surface area contributed by atoms with Crippen molar-refractivity contribution in [1.29, 1.82) is 0 Å². The number of hydrogen-bond acceptors (Lipinski definition) is 5. The summed E-state index contributed by atoms with van der Waals surface area (Å²) in [5, 5.41) is 4.64. The largest absolute Gasteiger partial charge is 0.352 e. The lowest BCUT2D eigenvalue weighted by Crippen LogP contribution is -2.23. The fourth-order valence-electron chi connectivity index (χ4n) is 3.41. The summed E-state index contributed by atoms with van der Waals surface area (Å²) in [5.74, 6) is 0.933.